The Balaban J connectivity index is 1.80. The average molecular weight is 411 g/mol. The van der Waals surface area contributed by atoms with Crippen molar-refractivity contribution in [2.24, 2.45) is 0 Å². The van der Waals surface area contributed by atoms with Crippen LogP contribution in [-0.2, 0) is 15.3 Å². The van der Waals surface area contributed by atoms with Crippen molar-refractivity contribution in [3.63, 3.8) is 0 Å². The number of nitrogens with zero attached hydrogens (tertiary/aromatic N) is 2. The Bertz CT molecular complexity index is 1110. The van der Waals surface area contributed by atoms with Crippen LogP contribution in [0.25, 0.3) is 0 Å². The van der Waals surface area contributed by atoms with Crippen LogP contribution in [0.4, 0.5) is 23.0 Å². The van der Waals surface area contributed by atoms with Gasteiger partial charge < -0.3 is 10.6 Å². The van der Waals surface area contributed by atoms with Gasteiger partial charge in [-0.05, 0) is 41.3 Å². The molecule has 0 unspecified atom stereocenters. The Labute approximate surface area is 172 Å². The molecule has 6 nitrogen and oxygen atoms in total. The Morgan fingerprint density at radius 2 is 1.45 bits per heavy atom. The van der Waals surface area contributed by atoms with E-state index in [4.69, 9.17) is 0 Å². The fourth-order valence-corrected chi connectivity index (χ4v) is 3.71. The summed E-state index contributed by atoms with van der Waals surface area (Å²) in [5.41, 5.74) is 2.88. The van der Waals surface area contributed by atoms with Crippen molar-refractivity contribution >= 4 is 32.8 Å². The largest absolute Gasteiger partial charge is 0.340 e. The predicted molar refractivity (Wildman–Crippen MR) is 118 cm³/mol. The molecule has 29 heavy (non-hydrogen) atoms. The summed E-state index contributed by atoms with van der Waals surface area (Å²) in [5, 5.41) is 6.45. The quantitative estimate of drug-likeness (QED) is 0.591. The van der Waals surface area contributed by atoms with Crippen molar-refractivity contribution in [1.29, 1.82) is 0 Å². The standard InChI is InChI=1S/C22H26N4O2S/c1-5-29(27,28)19-11-7-10-18(13-19)26-21-14-20(23-15-24-21)25-17-9-6-8-16(12-17)22(2,3)4/h6-15H,5H2,1-4H3,(H2,23,24,25,26). The Morgan fingerprint density at radius 1 is 0.862 bits per heavy atom. The Hall–Kier alpha value is -2.93. The van der Waals surface area contributed by atoms with E-state index in [2.05, 4.69) is 53.5 Å². The van der Waals surface area contributed by atoms with Gasteiger partial charge in [-0.1, -0.05) is 45.9 Å². The summed E-state index contributed by atoms with van der Waals surface area (Å²) in [4.78, 5) is 8.80. The minimum Gasteiger partial charge on any atom is -0.340 e. The van der Waals surface area contributed by atoms with E-state index in [9.17, 15) is 8.42 Å². The van der Waals surface area contributed by atoms with Crippen LogP contribution < -0.4 is 10.6 Å². The number of aromatic nitrogens is 2. The first kappa shape index (κ1) is 20.8. The molecule has 0 saturated carbocycles. The number of hydrogen-bond acceptors (Lipinski definition) is 6. The van der Waals surface area contributed by atoms with Gasteiger partial charge in [-0.25, -0.2) is 18.4 Å². The van der Waals surface area contributed by atoms with Crippen molar-refractivity contribution < 1.29 is 8.42 Å². The summed E-state index contributed by atoms with van der Waals surface area (Å²) in [6, 6.07) is 16.7. The molecular formula is C22H26N4O2S. The van der Waals surface area contributed by atoms with Gasteiger partial charge in [0.2, 0.25) is 0 Å². The molecule has 0 aliphatic heterocycles. The van der Waals surface area contributed by atoms with Gasteiger partial charge in [-0.2, -0.15) is 0 Å². The van der Waals surface area contributed by atoms with Crippen LogP contribution in [0.5, 0.6) is 0 Å². The van der Waals surface area contributed by atoms with E-state index in [0.717, 1.165) is 5.69 Å². The molecule has 3 rings (SSSR count). The van der Waals surface area contributed by atoms with Gasteiger partial charge >= 0.3 is 0 Å². The van der Waals surface area contributed by atoms with Gasteiger partial charge in [-0.3, -0.25) is 0 Å². The lowest BCUT2D eigenvalue weighted by molar-refractivity contribution is 0.590. The fourth-order valence-electron chi connectivity index (χ4n) is 2.79. The van der Waals surface area contributed by atoms with Crippen LogP contribution in [0.3, 0.4) is 0 Å². The zero-order chi connectivity index (χ0) is 21.1. The molecule has 0 bridgehead atoms. The van der Waals surface area contributed by atoms with Gasteiger partial charge in [0.15, 0.2) is 9.84 Å². The van der Waals surface area contributed by atoms with E-state index in [1.807, 2.05) is 12.1 Å². The zero-order valence-corrected chi connectivity index (χ0v) is 17.9. The predicted octanol–water partition coefficient (Wildman–Crippen LogP) is 5.05. The number of rotatable bonds is 6. The second-order valence-electron chi connectivity index (χ2n) is 7.80. The van der Waals surface area contributed by atoms with Gasteiger partial charge in [0.1, 0.15) is 18.0 Å². The monoisotopic (exact) mass is 410 g/mol. The summed E-state index contributed by atoms with van der Waals surface area (Å²) in [6.45, 7) is 8.15. The summed E-state index contributed by atoms with van der Waals surface area (Å²) in [6.07, 6.45) is 1.46. The van der Waals surface area contributed by atoms with Gasteiger partial charge in [0.05, 0.1) is 10.6 Å². The fraction of sp³-hybridized carbons (Fsp3) is 0.273. The minimum absolute atomic E-state index is 0.0555. The molecule has 0 radical (unpaired) electrons. The molecule has 2 N–H and O–H groups in total. The molecule has 1 aromatic heterocycles. The zero-order valence-electron chi connectivity index (χ0n) is 17.1. The molecule has 3 aromatic rings. The third kappa shape index (κ3) is 5.32. The highest BCUT2D eigenvalue weighted by molar-refractivity contribution is 7.91. The summed E-state index contributed by atoms with van der Waals surface area (Å²) >= 11 is 0. The van der Waals surface area contributed by atoms with E-state index >= 15 is 0 Å². The van der Waals surface area contributed by atoms with E-state index in [-0.39, 0.29) is 16.1 Å². The van der Waals surface area contributed by atoms with Crippen LogP contribution in [0, 0.1) is 0 Å². The van der Waals surface area contributed by atoms with Crippen molar-refractivity contribution in [3.05, 3.63) is 66.5 Å². The molecule has 0 fully saturated rings. The normalized spacial score (nSPS) is 11.9. The number of benzene rings is 2. The van der Waals surface area contributed by atoms with Crippen LogP contribution in [0.2, 0.25) is 0 Å². The number of anilines is 4. The average Bonchev–Trinajstić information content (AvgIpc) is 2.68. The van der Waals surface area contributed by atoms with Crippen LogP contribution in [-0.4, -0.2) is 24.1 Å². The summed E-state index contributed by atoms with van der Waals surface area (Å²) in [5.74, 6) is 1.28. The molecule has 0 saturated heterocycles. The van der Waals surface area contributed by atoms with E-state index in [0.29, 0.717) is 17.3 Å². The number of nitrogens with one attached hydrogen (secondary N) is 2. The van der Waals surface area contributed by atoms with E-state index in [1.165, 1.54) is 11.9 Å². The first-order valence-electron chi connectivity index (χ1n) is 9.47. The molecule has 2 aromatic carbocycles. The highest BCUT2D eigenvalue weighted by atomic mass is 32.2. The van der Waals surface area contributed by atoms with Crippen molar-refractivity contribution in [2.75, 3.05) is 16.4 Å². The Morgan fingerprint density at radius 3 is 2.03 bits per heavy atom. The van der Waals surface area contributed by atoms with Crippen LogP contribution >= 0.6 is 0 Å². The Kier molecular flexibility index (Phi) is 5.88. The molecule has 0 aliphatic carbocycles. The molecule has 1 heterocycles. The summed E-state index contributed by atoms with van der Waals surface area (Å²) < 4.78 is 24.2. The molecule has 0 atom stereocenters. The third-order valence-corrected chi connectivity index (χ3v) is 6.25. The van der Waals surface area contributed by atoms with Crippen LogP contribution in [0.1, 0.15) is 33.3 Å². The highest BCUT2D eigenvalue weighted by Crippen LogP contribution is 2.26. The minimum atomic E-state index is -3.26. The second-order valence-corrected chi connectivity index (χ2v) is 10.1. The van der Waals surface area contributed by atoms with E-state index in [1.54, 1.807) is 37.3 Å². The maximum atomic E-state index is 12.1. The SMILES string of the molecule is CCS(=O)(=O)c1cccc(Nc2cc(Nc3cccc(C(C)(C)C)c3)ncn2)c1. The lowest BCUT2D eigenvalue weighted by Crippen LogP contribution is -2.11. The van der Waals surface area contributed by atoms with Crippen molar-refractivity contribution in [3.8, 4) is 0 Å². The first-order chi connectivity index (χ1) is 13.7. The topological polar surface area (TPSA) is 84.0 Å². The smallest absolute Gasteiger partial charge is 0.178 e. The summed E-state index contributed by atoms with van der Waals surface area (Å²) in [7, 11) is -3.26. The maximum Gasteiger partial charge on any atom is 0.178 e. The lowest BCUT2D eigenvalue weighted by Gasteiger charge is -2.20. The second kappa shape index (κ2) is 8.21. The molecule has 0 spiro atoms. The number of sulfone groups is 1. The molecule has 152 valence electrons. The lowest BCUT2D eigenvalue weighted by atomic mass is 9.87. The van der Waals surface area contributed by atoms with Crippen LogP contribution in [0.15, 0.2) is 65.8 Å². The van der Waals surface area contributed by atoms with E-state index < -0.39 is 9.84 Å². The van der Waals surface area contributed by atoms with Crippen molar-refractivity contribution in [1.82, 2.24) is 9.97 Å². The highest BCUT2D eigenvalue weighted by Gasteiger charge is 2.14. The maximum absolute atomic E-state index is 12.1. The van der Waals surface area contributed by atoms with Gasteiger partial charge in [-0.15, -0.1) is 0 Å². The third-order valence-electron chi connectivity index (χ3n) is 4.51. The first-order valence-corrected chi connectivity index (χ1v) is 11.1. The molecule has 7 heteroatoms. The molecular weight excluding hydrogens is 384 g/mol. The van der Waals surface area contributed by atoms with Gasteiger partial charge in [0.25, 0.3) is 0 Å². The van der Waals surface area contributed by atoms with Gasteiger partial charge in [0, 0.05) is 17.4 Å². The number of hydrogen-bond donors (Lipinski definition) is 2. The van der Waals surface area contributed by atoms with Crippen molar-refractivity contribution in [2.45, 2.75) is 38.0 Å². The molecule has 0 amide bonds. The molecule has 0 aliphatic rings.